The van der Waals surface area contributed by atoms with Gasteiger partial charge in [0, 0.05) is 17.1 Å². The normalized spacial score (nSPS) is 11.5. The fourth-order valence-electron chi connectivity index (χ4n) is 1.55. The number of hydrogen-bond donors (Lipinski definition) is 3. The predicted molar refractivity (Wildman–Crippen MR) is 81.6 cm³/mol. The fraction of sp³-hybridized carbons (Fsp3) is 0.0909. The van der Waals surface area contributed by atoms with Gasteiger partial charge in [-0.3, -0.25) is 0 Å². The number of halogens is 1. The lowest BCUT2D eigenvalue weighted by atomic mass is 10.3. The number of nitrogen functional groups attached to an aromatic ring is 1. The van der Waals surface area contributed by atoms with Crippen LogP contribution in [0.1, 0.15) is 4.88 Å². The van der Waals surface area contributed by atoms with Crippen LogP contribution in [0.5, 0.6) is 0 Å². The summed E-state index contributed by atoms with van der Waals surface area (Å²) >= 11 is 4.94. The lowest BCUT2D eigenvalue weighted by Crippen LogP contribution is -2.15. The van der Waals surface area contributed by atoms with Gasteiger partial charge in [0.1, 0.15) is 4.90 Å². The SMILES string of the molecule is Nc1ccc(NCc2ccc(Br)s2)c(S(N)(=O)=O)c1. The highest BCUT2D eigenvalue weighted by Crippen LogP contribution is 2.26. The summed E-state index contributed by atoms with van der Waals surface area (Å²) in [5.74, 6) is 0. The largest absolute Gasteiger partial charge is 0.399 e. The molecule has 1 aromatic carbocycles. The van der Waals surface area contributed by atoms with Gasteiger partial charge in [-0.05, 0) is 46.3 Å². The molecule has 5 N–H and O–H groups in total. The molecule has 0 atom stereocenters. The van der Waals surface area contributed by atoms with Crippen LogP contribution in [-0.4, -0.2) is 8.42 Å². The minimum atomic E-state index is -3.80. The zero-order valence-electron chi connectivity index (χ0n) is 9.76. The van der Waals surface area contributed by atoms with E-state index in [1.807, 2.05) is 12.1 Å². The molecule has 1 aromatic heterocycles. The van der Waals surface area contributed by atoms with E-state index in [0.717, 1.165) is 8.66 Å². The third kappa shape index (κ3) is 3.69. The summed E-state index contributed by atoms with van der Waals surface area (Å²) in [7, 11) is -3.80. The second kappa shape index (κ2) is 5.49. The Bertz CT molecular complexity index is 698. The van der Waals surface area contributed by atoms with E-state index >= 15 is 0 Å². The van der Waals surface area contributed by atoms with E-state index < -0.39 is 10.0 Å². The molecule has 19 heavy (non-hydrogen) atoms. The quantitative estimate of drug-likeness (QED) is 0.727. The van der Waals surface area contributed by atoms with E-state index in [0.29, 0.717) is 17.9 Å². The first kappa shape index (κ1) is 14.3. The number of thiophene rings is 1. The van der Waals surface area contributed by atoms with Crippen LogP contribution in [-0.2, 0) is 16.6 Å². The lowest BCUT2D eigenvalue weighted by Gasteiger charge is -2.10. The number of anilines is 2. The van der Waals surface area contributed by atoms with Crippen LogP contribution in [0.25, 0.3) is 0 Å². The van der Waals surface area contributed by atoms with E-state index in [2.05, 4.69) is 21.2 Å². The number of nitrogens with two attached hydrogens (primary N) is 2. The van der Waals surface area contributed by atoms with Crippen molar-refractivity contribution in [2.75, 3.05) is 11.1 Å². The van der Waals surface area contributed by atoms with Crippen LogP contribution in [0.2, 0.25) is 0 Å². The van der Waals surface area contributed by atoms with Crippen LogP contribution >= 0.6 is 27.3 Å². The van der Waals surface area contributed by atoms with Crippen molar-refractivity contribution in [1.29, 1.82) is 0 Å². The molecule has 0 bridgehead atoms. The number of primary sulfonamides is 1. The highest BCUT2D eigenvalue weighted by molar-refractivity contribution is 9.11. The number of rotatable bonds is 4. The molecular formula is C11H12BrN3O2S2. The van der Waals surface area contributed by atoms with E-state index in [1.54, 1.807) is 23.5 Å². The average Bonchev–Trinajstić information content (AvgIpc) is 2.72. The molecule has 0 unspecified atom stereocenters. The molecule has 0 aliphatic carbocycles. The standard InChI is InChI=1S/C11H12BrN3O2S2/c12-11-4-2-8(18-11)6-15-9-3-1-7(13)5-10(9)19(14,16)17/h1-5,15H,6,13H2,(H2,14,16,17). The molecule has 102 valence electrons. The van der Waals surface area contributed by atoms with Crippen molar-refractivity contribution in [2.45, 2.75) is 11.4 Å². The zero-order chi connectivity index (χ0) is 14.0. The van der Waals surface area contributed by atoms with E-state index in [4.69, 9.17) is 10.9 Å². The molecule has 0 saturated carbocycles. The Hall–Kier alpha value is -1.09. The van der Waals surface area contributed by atoms with Crippen LogP contribution in [0.3, 0.4) is 0 Å². The zero-order valence-corrected chi connectivity index (χ0v) is 13.0. The van der Waals surface area contributed by atoms with Gasteiger partial charge >= 0.3 is 0 Å². The van der Waals surface area contributed by atoms with Gasteiger partial charge in [-0.1, -0.05) is 0 Å². The minimum Gasteiger partial charge on any atom is -0.399 e. The van der Waals surface area contributed by atoms with Crippen LogP contribution in [0.4, 0.5) is 11.4 Å². The Kier molecular flexibility index (Phi) is 4.14. The fourth-order valence-corrected chi connectivity index (χ4v) is 3.72. The minimum absolute atomic E-state index is 0.00289. The van der Waals surface area contributed by atoms with Gasteiger partial charge in [-0.2, -0.15) is 0 Å². The van der Waals surface area contributed by atoms with Crippen molar-refractivity contribution in [3.63, 3.8) is 0 Å². The summed E-state index contributed by atoms with van der Waals surface area (Å²) in [6.07, 6.45) is 0. The van der Waals surface area contributed by atoms with Crippen LogP contribution in [0.15, 0.2) is 39.0 Å². The highest BCUT2D eigenvalue weighted by Gasteiger charge is 2.14. The van der Waals surface area contributed by atoms with Crippen molar-refractivity contribution in [1.82, 2.24) is 0 Å². The molecular weight excluding hydrogens is 350 g/mol. The van der Waals surface area contributed by atoms with Crippen molar-refractivity contribution in [3.8, 4) is 0 Å². The van der Waals surface area contributed by atoms with E-state index in [9.17, 15) is 8.42 Å². The van der Waals surface area contributed by atoms with Gasteiger partial charge in [0.25, 0.3) is 0 Å². The first-order chi connectivity index (χ1) is 8.86. The monoisotopic (exact) mass is 361 g/mol. The van der Waals surface area contributed by atoms with Gasteiger partial charge in [-0.15, -0.1) is 11.3 Å². The van der Waals surface area contributed by atoms with Gasteiger partial charge in [0.15, 0.2) is 0 Å². The second-order valence-corrected chi connectivity index (χ2v) is 7.94. The molecule has 1 heterocycles. The summed E-state index contributed by atoms with van der Waals surface area (Å²) in [5.41, 5.74) is 6.38. The number of nitrogens with one attached hydrogen (secondary N) is 1. The molecule has 5 nitrogen and oxygen atoms in total. The Morgan fingerprint density at radius 3 is 2.58 bits per heavy atom. The maximum absolute atomic E-state index is 11.5. The summed E-state index contributed by atoms with van der Waals surface area (Å²) in [6.45, 7) is 0.517. The maximum atomic E-state index is 11.5. The van der Waals surface area contributed by atoms with Crippen molar-refractivity contribution in [2.24, 2.45) is 5.14 Å². The van der Waals surface area contributed by atoms with Crippen LogP contribution in [0, 0.1) is 0 Å². The number of benzene rings is 1. The predicted octanol–water partition coefficient (Wildman–Crippen LogP) is 2.35. The van der Waals surface area contributed by atoms with Gasteiger partial charge < -0.3 is 11.1 Å². The Morgan fingerprint density at radius 2 is 2.00 bits per heavy atom. The molecule has 8 heteroatoms. The molecule has 0 fully saturated rings. The maximum Gasteiger partial charge on any atom is 0.240 e. The molecule has 0 aliphatic rings. The summed E-state index contributed by atoms with van der Waals surface area (Å²) in [4.78, 5) is 1.08. The van der Waals surface area contributed by atoms with E-state index in [1.165, 1.54) is 6.07 Å². The molecule has 0 amide bonds. The molecule has 0 aliphatic heterocycles. The van der Waals surface area contributed by atoms with Crippen molar-refractivity contribution < 1.29 is 8.42 Å². The van der Waals surface area contributed by atoms with Crippen molar-refractivity contribution in [3.05, 3.63) is 39.0 Å². The third-order valence-corrected chi connectivity index (χ3v) is 4.97. The Balaban J connectivity index is 2.25. The number of sulfonamides is 1. The lowest BCUT2D eigenvalue weighted by molar-refractivity contribution is 0.598. The third-order valence-electron chi connectivity index (χ3n) is 2.39. The Labute approximate surface area is 123 Å². The van der Waals surface area contributed by atoms with Gasteiger partial charge in [0.2, 0.25) is 10.0 Å². The van der Waals surface area contributed by atoms with Gasteiger partial charge in [0.05, 0.1) is 9.47 Å². The molecule has 2 rings (SSSR count). The van der Waals surface area contributed by atoms with Crippen LogP contribution < -0.4 is 16.2 Å². The topological polar surface area (TPSA) is 98.2 Å². The summed E-state index contributed by atoms with van der Waals surface area (Å²) in [6, 6.07) is 8.47. The summed E-state index contributed by atoms with van der Waals surface area (Å²) < 4.78 is 24.0. The first-order valence-corrected chi connectivity index (χ1v) is 8.42. The van der Waals surface area contributed by atoms with Gasteiger partial charge in [-0.25, -0.2) is 13.6 Å². The average molecular weight is 362 g/mol. The summed E-state index contributed by atoms with van der Waals surface area (Å²) in [5, 5.41) is 8.22. The first-order valence-electron chi connectivity index (χ1n) is 5.26. The molecule has 0 spiro atoms. The second-order valence-electron chi connectivity index (χ2n) is 3.86. The molecule has 2 aromatic rings. The van der Waals surface area contributed by atoms with E-state index in [-0.39, 0.29) is 4.90 Å². The van der Waals surface area contributed by atoms with Crippen molar-refractivity contribution >= 4 is 48.7 Å². The highest BCUT2D eigenvalue weighted by atomic mass is 79.9. The molecule has 0 saturated heterocycles. The smallest absolute Gasteiger partial charge is 0.240 e. The Morgan fingerprint density at radius 1 is 1.26 bits per heavy atom. The number of hydrogen-bond acceptors (Lipinski definition) is 5. The molecule has 0 radical (unpaired) electrons.